The van der Waals surface area contributed by atoms with Crippen LogP contribution in [0.15, 0.2) is 101 Å². The van der Waals surface area contributed by atoms with Crippen LogP contribution in [-0.2, 0) is 21.9 Å². The number of aromatic nitrogens is 2. The molecule has 1 aromatic heterocycles. The number of aliphatic hydroxyl groups is 1. The molecular weight excluding hydrogens is 713 g/mol. The lowest BCUT2D eigenvalue weighted by molar-refractivity contribution is -0.132. The fourth-order valence-corrected chi connectivity index (χ4v) is 7.61. The largest absolute Gasteiger partial charge is 0.507 e. The number of hydrogen-bond acceptors (Lipinski definition) is 9. The third-order valence-corrected chi connectivity index (χ3v) is 10.3. The molecule has 2 heterocycles. The standard InChI is InChI=1S/C35H26Cl3N3O5S2/c1-2-45-28-16-22(11-15-27(28)46-18-20-6-4-3-5-7-20)30-29(31(42)21-8-12-24(36)13-9-21)32(43)33(44)41(30)34-39-40-35(48-34)47-19-23-10-14-25(37)17-26(23)38/h3-17,30,42H,2,18-19H2,1H3. The first-order valence-electron chi connectivity index (χ1n) is 14.6. The second-order valence-corrected chi connectivity index (χ2v) is 13.9. The molecule has 1 saturated heterocycles. The first kappa shape index (κ1) is 33.8. The van der Waals surface area contributed by atoms with Crippen LogP contribution in [0, 0.1) is 0 Å². The van der Waals surface area contributed by atoms with Gasteiger partial charge in [0.15, 0.2) is 15.8 Å². The second-order valence-electron chi connectivity index (χ2n) is 10.5. The molecule has 0 spiro atoms. The average molecular weight is 739 g/mol. The number of Topliss-reactive ketones (excluding diaryl/α,β-unsaturated/α-hetero) is 1. The molecule has 8 nitrogen and oxygen atoms in total. The highest BCUT2D eigenvalue weighted by molar-refractivity contribution is 8.00. The van der Waals surface area contributed by atoms with Gasteiger partial charge in [-0.25, -0.2) is 0 Å². The van der Waals surface area contributed by atoms with Gasteiger partial charge in [-0.2, -0.15) is 0 Å². The van der Waals surface area contributed by atoms with Gasteiger partial charge in [-0.05, 0) is 72.1 Å². The van der Waals surface area contributed by atoms with Crippen molar-refractivity contribution in [2.24, 2.45) is 0 Å². The van der Waals surface area contributed by atoms with Crippen molar-refractivity contribution in [1.82, 2.24) is 10.2 Å². The lowest BCUT2D eigenvalue weighted by Gasteiger charge is -2.23. The van der Waals surface area contributed by atoms with Crippen molar-refractivity contribution < 1.29 is 24.2 Å². The number of amides is 1. The first-order chi connectivity index (χ1) is 23.2. The average Bonchev–Trinajstić information content (AvgIpc) is 3.66. The quantitative estimate of drug-likeness (QED) is 0.0471. The molecular formula is C35H26Cl3N3O5S2. The number of rotatable bonds is 11. The summed E-state index contributed by atoms with van der Waals surface area (Å²) in [5.41, 5.74) is 2.54. The number of carbonyl (C=O) groups excluding carboxylic acids is 2. The van der Waals surface area contributed by atoms with Crippen molar-refractivity contribution in [2.75, 3.05) is 11.5 Å². The van der Waals surface area contributed by atoms with E-state index in [1.165, 1.54) is 16.7 Å². The predicted molar refractivity (Wildman–Crippen MR) is 191 cm³/mol. The summed E-state index contributed by atoms with van der Waals surface area (Å²) in [5.74, 6) is -0.702. The van der Waals surface area contributed by atoms with Gasteiger partial charge in [0.2, 0.25) is 5.13 Å². The van der Waals surface area contributed by atoms with Crippen LogP contribution in [0.1, 0.15) is 35.2 Å². The molecule has 244 valence electrons. The molecule has 0 saturated carbocycles. The molecule has 1 N–H and O–H groups in total. The number of hydrogen-bond donors (Lipinski definition) is 1. The summed E-state index contributed by atoms with van der Waals surface area (Å²) in [5, 5.41) is 21.8. The van der Waals surface area contributed by atoms with Crippen molar-refractivity contribution >= 4 is 80.5 Å². The monoisotopic (exact) mass is 737 g/mol. The van der Waals surface area contributed by atoms with Crippen LogP contribution < -0.4 is 14.4 Å². The number of anilines is 1. The van der Waals surface area contributed by atoms with E-state index < -0.39 is 17.7 Å². The zero-order valence-electron chi connectivity index (χ0n) is 25.2. The summed E-state index contributed by atoms with van der Waals surface area (Å²) in [6.45, 7) is 2.49. The van der Waals surface area contributed by atoms with E-state index >= 15 is 0 Å². The van der Waals surface area contributed by atoms with Gasteiger partial charge >= 0.3 is 5.91 Å². The van der Waals surface area contributed by atoms with Gasteiger partial charge in [0.1, 0.15) is 12.4 Å². The Morgan fingerprint density at radius 2 is 1.65 bits per heavy atom. The summed E-state index contributed by atoms with van der Waals surface area (Å²) >= 11 is 21.0. The van der Waals surface area contributed by atoms with E-state index in [2.05, 4.69) is 10.2 Å². The number of ketones is 1. The summed E-state index contributed by atoms with van der Waals surface area (Å²) in [7, 11) is 0. The van der Waals surface area contributed by atoms with Crippen LogP contribution in [0.2, 0.25) is 15.1 Å². The molecule has 0 bridgehead atoms. The maximum atomic E-state index is 13.7. The number of ether oxygens (including phenoxy) is 2. The minimum absolute atomic E-state index is 0.111. The number of thioether (sulfide) groups is 1. The molecule has 0 radical (unpaired) electrons. The summed E-state index contributed by atoms with van der Waals surface area (Å²) < 4.78 is 12.6. The van der Waals surface area contributed by atoms with Crippen LogP contribution in [0.25, 0.3) is 5.76 Å². The van der Waals surface area contributed by atoms with E-state index in [-0.39, 0.29) is 16.5 Å². The number of aliphatic hydroxyl groups excluding tert-OH is 1. The van der Waals surface area contributed by atoms with E-state index in [1.807, 2.05) is 43.3 Å². The molecule has 6 rings (SSSR count). The molecule has 13 heteroatoms. The molecule has 1 aliphatic rings. The van der Waals surface area contributed by atoms with Gasteiger partial charge < -0.3 is 14.6 Å². The topological polar surface area (TPSA) is 102 Å². The van der Waals surface area contributed by atoms with E-state index in [0.29, 0.717) is 61.0 Å². The first-order valence-corrected chi connectivity index (χ1v) is 17.6. The Labute approximate surface area is 299 Å². The fraction of sp³-hybridized carbons (Fsp3) is 0.143. The van der Waals surface area contributed by atoms with Gasteiger partial charge in [0.05, 0.1) is 18.2 Å². The molecule has 1 fully saturated rings. The molecule has 0 aliphatic carbocycles. The van der Waals surface area contributed by atoms with Crippen molar-refractivity contribution in [3.05, 3.63) is 134 Å². The zero-order chi connectivity index (χ0) is 33.8. The predicted octanol–water partition coefficient (Wildman–Crippen LogP) is 9.39. The summed E-state index contributed by atoms with van der Waals surface area (Å²) in [4.78, 5) is 28.7. The van der Waals surface area contributed by atoms with Crippen molar-refractivity contribution in [2.45, 2.75) is 29.7 Å². The summed E-state index contributed by atoms with van der Waals surface area (Å²) in [6.07, 6.45) is 0. The molecule has 4 aromatic carbocycles. The van der Waals surface area contributed by atoms with E-state index in [1.54, 1.807) is 54.6 Å². The highest BCUT2D eigenvalue weighted by atomic mass is 35.5. The van der Waals surface area contributed by atoms with Crippen molar-refractivity contribution in [3.8, 4) is 11.5 Å². The highest BCUT2D eigenvalue weighted by Crippen LogP contribution is 2.46. The number of benzene rings is 4. The van der Waals surface area contributed by atoms with Gasteiger partial charge in [-0.3, -0.25) is 14.5 Å². The Balaban J connectivity index is 1.39. The van der Waals surface area contributed by atoms with Gasteiger partial charge in [0, 0.05) is 26.4 Å². The summed E-state index contributed by atoms with van der Waals surface area (Å²) in [6, 6.07) is 25.4. The third kappa shape index (κ3) is 7.33. The molecule has 1 atom stereocenters. The Hall–Kier alpha value is -4.06. The smallest absolute Gasteiger partial charge is 0.301 e. The minimum Gasteiger partial charge on any atom is -0.507 e. The number of halogens is 3. The van der Waals surface area contributed by atoms with E-state index in [4.69, 9.17) is 44.3 Å². The van der Waals surface area contributed by atoms with Crippen LogP contribution >= 0.6 is 57.9 Å². The number of carbonyl (C=O) groups is 2. The minimum atomic E-state index is -1.06. The molecule has 1 amide bonds. The normalized spacial score (nSPS) is 15.6. The van der Waals surface area contributed by atoms with Crippen LogP contribution in [-0.4, -0.2) is 33.6 Å². The van der Waals surface area contributed by atoms with Crippen molar-refractivity contribution in [3.63, 3.8) is 0 Å². The third-order valence-electron chi connectivity index (χ3n) is 7.35. The SMILES string of the molecule is CCOc1cc(C2C(=C(O)c3ccc(Cl)cc3)C(=O)C(=O)N2c2nnc(SCc3ccc(Cl)cc3Cl)s2)ccc1OCc1ccccc1. The molecule has 1 aliphatic heterocycles. The van der Waals surface area contributed by atoms with E-state index in [9.17, 15) is 14.7 Å². The van der Waals surface area contributed by atoms with Gasteiger partial charge in [-0.1, -0.05) is 100 Å². The Morgan fingerprint density at radius 1 is 0.896 bits per heavy atom. The fourth-order valence-electron chi connectivity index (χ4n) is 5.06. The van der Waals surface area contributed by atoms with E-state index in [0.717, 1.165) is 22.5 Å². The molecule has 1 unspecified atom stereocenters. The van der Waals surface area contributed by atoms with Crippen LogP contribution in [0.5, 0.6) is 11.5 Å². The number of nitrogens with zero attached hydrogens (tertiary/aromatic N) is 3. The Kier molecular flexibility index (Phi) is 10.6. The van der Waals surface area contributed by atoms with Crippen LogP contribution in [0.3, 0.4) is 0 Å². The molecule has 5 aromatic rings. The Morgan fingerprint density at radius 3 is 2.38 bits per heavy atom. The van der Waals surface area contributed by atoms with Crippen molar-refractivity contribution in [1.29, 1.82) is 0 Å². The van der Waals surface area contributed by atoms with Gasteiger partial charge in [-0.15, -0.1) is 10.2 Å². The second kappa shape index (κ2) is 15.0. The van der Waals surface area contributed by atoms with Crippen LogP contribution in [0.4, 0.5) is 5.13 Å². The lowest BCUT2D eigenvalue weighted by atomic mass is 9.95. The lowest BCUT2D eigenvalue weighted by Crippen LogP contribution is -2.29. The highest BCUT2D eigenvalue weighted by Gasteiger charge is 2.48. The van der Waals surface area contributed by atoms with Gasteiger partial charge in [0.25, 0.3) is 5.78 Å². The zero-order valence-corrected chi connectivity index (χ0v) is 29.1. The maximum absolute atomic E-state index is 13.7. The Bertz CT molecular complexity index is 2000. The molecule has 48 heavy (non-hydrogen) atoms. The maximum Gasteiger partial charge on any atom is 0.301 e.